The Kier molecular flexibility index (Phi) is 7.24. The van der Waals surface area contributed by atoms with E-state index in [1.807, 2.05) is 44.3 Å². The van der Waals surface area contributed by atoms with Crippen LogP contribution >= 0.6 is 11.8 Å². The second-order valence-corrected chi connectivity index (χ2v) is 9.85. The van der Waals surface area contributed by atoms with Gasteiger partial charge in [-0.3, -0.25) is 14.2 Å². The third kappa shape index (κ3) is 4.68. The molecule has 2 heterocycles. The summed E-state index contributed by atoms with van der Waals surface area (Å²) >= 11 is 1.31. The first-order valence-corrected chi connectivity index (χ1v) is 12.6. The summed E-state index contributed by atoms with van der Waals surface area (Å²) in [5.41, 5.74) is 3.62. The van der Waals surface area contributed by atoms with Crippen LogP contribution in [0.4, 0.5) is 5.69 Å². The maximum Gasteiger partial charge on any atom is 0.262 e. The SMILES string of the molecule is CCOCCCn1c(SCC(=O)C=C2N(C)c3ccccc3C2(C)C)nc2ccccc2c1=O. The molecule has 3 aromatic rings. The van der Waals surface area contributed by atoms with E-state index >= 15 is 0 Å². The number of hydrogen-bond acceptors (Lipinski definition) is 6. The minimum atomic E-state index is -0.256. The lowest BCUT2D eigenvalue weighted by atomic mass is 9.83. The lowest BCUT2D eigenvalue weighted by Gasteiger charge is -2.24. The molecule has 0 saturated heterocycles. The van der Waals surface area contributed by atoms with Gasteiger partial charge in [-0.15, -0.1) is 0 Å². The molecule has 0 radical (unpaired) electrons. The van der Waals surface area contributed by atoms with E-state index in [0.29, 0.717) is 42.2 Å². The molecule has 1 aromatic heterocycles. The number of anilines is 1. The molecule has 4 rings (SSSR count). The van der Waals surface area contributed by atoms with E-state index in [1.54, 1.807) is 16.7 Å². The van der Waals surface area contributed by atoms with Gasteiger partial charge in [-0.1, -0.05) is 55.9 Å². The Bertz CT molecular complexity index is 1300. The molecule has 1 aliphatic rings. The summed E-state index contributed by atoms with van der Waals surface area (Å²) in [4.78, 5) is 33.0. The molecule has 0 aliphatic carbocycles. The van der Waals surface area contributed by atoms with Gasteiger partial charge in [0.1, 0.15) is 0 Å². The van der Waals surface area contributed by atoms with Crippen molar-refractivity contribution < 1.29 is 9.53 Å². The molecule has 6 nitrogen and oxygen atoms in total. The number of fused-ring (bicyclic) bond motifs is 2. The largest absolute Gasteiger partial charge is 0.382 e. The van der Waals surface area contributed by atoms with Gasteiger partial charge in [0.25, 0.3) is 5.56 Å². The molecule has 0 unspecified atom stereocenters. The molecule has 0 N–H and O–H groups in total. The van der Waals surface area contributed by atoms with Gasteiger partial charge in [0.05, 0.1) is 16.7 Å². The molecule has 1 aliphatic heterocycles. The number of thioether (sulfide) groups is 1. The number of carbonyl (C=O) groups is 1. The molecule has 2 aromatic carbocycles. The van der Waals surface area contributed by atoms with Gasteiger partial charge >= 0.3 is 0 Å². The highest BCUT2D eigenvalue weighted by atomic mass is 32.2. The third-order valence-corrected chi connectivity index (χ3v) is 7.28. The van der Waals surface area contributed by atoms with Crippen LogP contribution < -0.4 is 10.5 Å². The number of carbonyl (C=O) groups excluding carboxylic acids is 1. The van der Waals surface area contributed by atoms with Crippen molar-refractivity contribution in [3.63, 3.8) is 0 Å². The van der Waals surface area contributed by atoms with E-state index in [1.165, 1.54) is 17.3 Å². The summed E-state index contributed by atoms with van der Waals surface area (Å²) < 4.78 is 7.12. The first-order valence-electron chi connectivity index (χ1n) is 11.6. The molecular formula is C27H31N3O3S. The summed E-state index contributed by atoms with van der Waals surface area (Å²) in [5, 5.41) is 1.15. The molecule has 34 heavy (non-hydrogen) atoms. The van der Waals surface area contributed by atoms with Gasteiger partial charge in [0.15, 0.2) is 10.9 Å². The molecular weight excluding hydrogens is 446 g/mol. The van der Waals surface area contributed by atoms with Crippen LogP contribution in [0, 0.1) is 0 Å². The monoisotopic (exact) mass is 477 g/mol. The van der Waals surface area contributed by atoms with E-state index in [4.69, 9.17) is 9.72 Å². The number of ether oxygens (including phenoxy) is 1. The number of rotatable bonds is 9. The predicted molar refractivity (Wildman–Crippen MR) is 139 cm³/mol. The van der Waals surface area contributed by atoms with E-state index in [0.717, 1.165) is 11.4 Å². The summed E-state index contributed by atoms with van der Waals surface area (Å²) in [6.45, 7) is 7.95. The fourth-order valence-electron chi connectivity index (χ4n) is 4.51. The normalized spacial score (nSPS) is 15.8. The number of likely N-dealkylation sites (N-methyl/N-ethyl adjacent to an activating group) is 1. The van der Waals surface area contributed by atoms with Crippen LogP contribution in [0.15, 0.2) is 70.3 Å². The Morgan fingerprint density at radius 1 is 1.15 bits per heavy atom. The molecule has 7 heteroatoms. The Hall–Kier alpha value is -2.90. The molecule has 0 saturated carbocycles. The maximum atomic E-state index is 13.2. The highest BCUT2D eigenvalue weighted by Gasteiger charge is 2.38. The quantitative estimate of drug-likeness (QED) is 0.191. The maximum absolute atomic E-state index is 13.2. The van der Waals surface area contributed by atoms with E-state index in [9.17, 15) is 9.59 Å². The summed E-state index contributed by atoms with van der Waals surface area (Å²) in [7, 11) is 2.00. The van der Waals surface area contributed by atoms with Crippen molar-refractivity contribution in [2.75, 3.05) is 30.9 Å². The molecule has 0 fully saturated rings. The van der Waals surface area contributed by atoms with Gasteiger partial charge in [0.2, 0.25) is 0 Å². The molecule has 0 bridgehead atoms. The van der Waals surface area contributed by atoms with Gasteiger partial charge < -0.3 is 9.64 Å². The summed E-state index contributed by atoms with van der Waals surface area (Å²) in [5.74, 6) is 0.205. The molecule has 0 amide bonds. The van der Waals surface area contributed by atoms with E-state index in [-0.39, 0.29) is 22.5 Å². The summed E-state index contributed by atoms with van der Waals surface area (Å²) in [6, 6.07) is 15.6. The van der Waals surface area contributed by atoms with Crippen LogP contribution in [0.1, 0.15) is 32.8 Å². The average Bonchev–Trinajstić information content (AvgIpc) is 3.02. The fraction of sp³-hybridized carbons (Fsp3) is 0.370. The first kappa shape index (κ1) is 24.2. The van der Waals surface area contributed by atoms with Gasteiger partial charge in [-0.2, -0.15) is 0 Å². The van der Waals surface area contributed by atoms with Crippen molar-refractivity contribution in [3.05, 3.63) is 76.2 Å². The Morgan fingerprint density at radius 3 is 2.65 bits per heavy atom. The Labute approximate surface area is 204 Å². The van der Waals surface area contributed by atoms with Gasteiger partial charge in [0, 0.05) is 49.7 Å². The number of aromatic nitrogens is 2. The topological polar surface area (TPSA) is 64.4 Å². The minimum Gasteiger partial charge on any atom is -0.382 e. The smallest absolute Gasteiger partial charge is 0.262 e. The standard InChI is InChI=1S/C27H31N3O3S/c1-5-33-16-10-15-30-25(32)20-11-6-8-13-22(20)28-26(30)34-18-19(31)17-24-27(2,3)21-12-7-9-14-23(21)29(24)4/h6-9,11-14,17H,5,10,15-16,18H2,1-4H3. The van der Waals surface area contributed by atoms with E-state index in [2.05, 4.69) is 30.9 Å². The van der Waals surface area contributed by atoms with Crippen molar-refractivity contribution in [2.24, 2.45) is 0 Å². The molecule has 178 valence electrons. The number of ketones is 1. The number of nitrogens with zero attached hydrogens (tertiary/aromatic N) is 3. The molecule has 0 atom stereocenters. The number of benzene rings is 2. The van der Waals surface area contributed by atoms with E-state index < -0.39 is 0 Å². The van der Waals surface area contributed by atoms with Crippen LogP contribution in [0.25, 0.3) is 10.9 Å². The third-order valence-electron chi connectivity index (χ3n) is 6.28. The van der Waals surface area contributed by atoms with Gasteiger partial charge in [-0.05, 0) is 37.1 Å². The van der Waals surface area contributed by atoms with Crippen LogP contribution in [0.2, 0.25) is 0 Å². The number of allylic oxidation sites excluding steroid dienone is 2. The van der Waals surface area contributed by atoms with Crippen molar-refractivity contribution in [1.82, 2.24) is 9.55 Å². The lowest BCUT2D eigenvalue weighted by Crippen LogP contribution is -2.25. The van der Waals surface area contributed by atoms with Crippen molar-refractivity contribution in [1.29, 1.82) is 0 Å². The molecule has 0 spiro atoms. The first-order chi connectivity index (χ1) is 16.3. The highest BCUT2D eigenvalue weighted by Crippen LogP contribution is 2.46. The number of para-hydroxylation sites is 2. The average molecular weight is 478 g/mol. The van der Waals surface area contributed by atoms with Gasteiger partial charge in [-0.25, -0.2) is 4.98 Å². The zero-order valence-corrected chi connectivity index (χ0v) is 21.0. The highest BCUT2D eigenvalue weighted by molar-refractivity contribution is 7.99. The minimum absolute atomic E-state index is 0.00370. The van der Waals surface area contributed by atoms with Crippen molar-refractivity contribution >= 4 is 34.1 Å². The lowest BCUT2D eigenvalue weighted by molar-refractivity contribution is -0.112. The second-order valence-electron chi connectivity index (χ2n) is 8.90. The number of hydrogen-bond donors (Lipinski definition) is 0. The second kappa shape index (κ2) is 10.2. The van der Waals surface area contributed by atoms with Crippen LogP contribution in [-0.2, 0) is 21.5 Å². The van der Waals surface area contributed by atoms with Crippen molar-refractivity contribution in [2.45, 2.75) is 44.3 Å². The Balaban J connectivity index is 1.57. The van der Waals surface area contributed by atoms with Crippen LogP contribution in [0.3, 0.4) is 0 Å². The Morgan fingerprint density at radius 2 is 1.88 bits per heavy atom. The van der Waals surface area contributed by atoms with Crippen molar-refractivity contribution in [3.8, 4) is 0 Å². The summed E-state index contributed by atoms with van der Waals surface area (Å²) in [6.07, 6.45) is 2.45. The predicted octanol–water partition coefficient (Wildman–Crippen LogP) is 4.80. The zero-order chi connectivity index (χ0) is 24.3. The zero-order valence-electron chi connectivity index (χ0n) is 20.2. The van der Waals surface area contributed by atoms with Crippen LogP contribution in [-0.4, -0.2) is 41.3 Å². The fourth-order valence-corrected chi connectivity index (χ4v) is 5.36. The van der Waals surface area contributed by atoms with Crippen LogP contribution in [0.5, 0.6) is 0 Å².